The number of anilines is 1. The molecule has 124 valence electrons. The highest BCUT2D eigenvalue weighted by atomic mass is 32.1. The van der Waals surface area contributed by atoms with Crippen molar-refractivity contribution < 1.29 is 4.79 Å². The summed E-state index contributed by atoms with van der Waals surface area (Å²) in [5.41, 5.74) is 1.70. The van der Waals surface area contributed by atoms with Crippen LogP contribution in [0.4, 0.5) is 5.13 Å². The molecule has 0 spiro atoms. The van der Waals surface area contributed by atoms with E-state index in [-0.39, 0.29) is 12.5 Å². The van der Waals surface area contributed by atoms with Gasteiger partial charge in [-0.2, -0.15) is 5.10 Å². The second kappa shape index (κ2) is 7.45. The summed E-state index contributed by atoms with van der Waals surface area (Å²) in [5.74, 6) is 0.602. The van der Waals surface area contributed by atoms with Crippen LogP contribution in [0.1, 0.15) is 19.2 Å². The topological polar surface area (TPSA) is 88.5 Å². The van der Waals surface area contributed by atoms with Crippen molar-refractivity contribution >= 4 is 34.6 Å². The van der Waals surface area contributed by atoms with Crippen LogP contribution >= 0.6 is 23.6 Å². The van der Waals surface area contributed by atoms with Crippen LogP contribution < -0.4 is 5.32 Å². The highest BCUT2D eigenvalue weighted by Crippen LogP contribution is 2.24. The number of amides is 1. The van der Waals surface area contributed by atoms with Gasteiger partial charge in [0, 0.05) is 29.8 Å². The zero-order valence-electron chi connectivity index (χ0n) is 13.0. The fourth-order valence-corrected chi connectivity index (χ4v) is 3.16. The molecule has 24 heavy (non-hydrogen) atoms. The van der Waals surface area contributed by atoms with Crippen LogP contribution in [0.15, 0.2) is 29.9 Å². The van der Waals surface area contributed by atoms with Gasteiger partial charge < -0.3 is 5.32 Å². The minimum atomic E-state index is -0.183. The van der Waals surface area contributed by atoms with Crippen LogP contribution in [0.5, 0.6) is 0 Å². The lowest BCUT2D eigenvalue weighted by Gasteiger charge is -2.05. The number of hydrogen-bond acceptors (Lipinski definition) is 6. The molecule has 0 aliphatic carbocycles. The molecule has 3 heterocycles. The maximum atomic E-state index is 12.3. The number of aromatic nitrogens is 5. The lowest BCUT2D eigenvalue weighted by Crippen LogP contribution is -2.20. The highest BCUT2D eigenvalue weighted by Gasteiger charge is 2.12. The van der Waals surface area contributed by atoms with Gasteiger partial charge in [0.1, 0.15) is 12.4 Å². The average molecular weight is 360 g/mol. The molecule has 0 aliphatic rings. The molecule has 9 heteroatoms. The van der Waals surface area contributed by atoms with Crippen molar-refractivity contribution in [2.45, 2.75) is 26.3 Å². The standard InChI is InChI=1S/C15H16N6OS2/c1-2-4-12-19-20-15(23)21(12)8-13(22)18-14-17-11(9-24-14)10-5-3-6-16-7-10/h3,5-7,9H,2,4,8H2,1H3,(H,20,23)(H,17,18,22). The van der Waals surface area contributed by atoms with E-state index >= 15 is 0 Å². The van der Waals surface area contributed by atoms with Crippen molar-refractivity contribution in [3.8, 4) is 11.3 Å². The Labute approximate surface area is 147 Å². The lowest BCUT2D eigenvalue weighted by atomic mass is 10.2. The Morgan fingerprint density at radius 1 is 1.50 bits per heavy atom. The predicted molar refractivity (Wildman–Crippen MR) is 95.4 cm³/mol. The summed E-state index contributed by atoms with van der Waals surface area (Å²) in [7, 11) is 0. The smallest absolute Gasteiger partial charge is 0.246 e. The van der Waals surface area contributed by atoms with E-state index in [9.17, 15) is 4.79 Å². The van der Waals surface area contributed by atoms with E-state index < -0.39 is 0 Å². The number of aryl methyl sites for hydroxylation is 1. The molecule has 3 rings (SSSR count). The number of thiazole rings is 1. The zero-order chi connectivity index (χ0) is 16.9. The number of carbonyl (C=O) groups is 1. The van der Waals surface area contributed by atoms with E-state index in [0.717, 1.165) is 29.9 Å². The number of nitrogens with zero attached hydrogens (tertiary/aromatic N) is 4. The fraction of sp³-hybridized carbons (Fsp3) is 0.267. The van der Waals surface area contributed by atoms with Crippen molar-refractivity contribution in [2.24, 2.45) is 0 Å². The minimum absolute atomic E-state index is 0.118. The Morgan fingerprint density at radius 2 is 2.38 bits per heavy atom. The number of H-pyrrole nitrogens is 1. The third-order valence-corrected chi connectivity index (χ3v) is 4.39. The summed E-state index contributed by atoms with van der Waals surface area (Å²) >= 11 is 6.56. The molecule has 3 aromatic heterocycles. The molecule has 7 nitrogen and oxygen atoms in total. The highest BCUT2D eigenvalue weighted by molar-refractivity contribution is 7.71. The van der Waals surface area contributed by atoms with Gasteiger partial charge in [0.15, 0.2) is 9.90 Å². The largest absolute Gasteiger partial charge is 0.300 e. The Bertz CT molecular complexity index is 883. The van der Waals surface area contributed by atoms with Gasteiger partial charge in [0.25, 0.3) is 0 Å². The van der Waals surface area contributed by atoms with Gasteiger partial charge in [-0.25, -0.2) is 4.98 Å². The Hall–Kier alpha value is -2.39. The molecule has 0 saturated carbocycles. The third-order valence-electron chi connectivity index (χ3n) is 3.32. The molecule has 0 radical (unpaired) electrons. The van der Waals surface area contributed by atoms with Gasteiger partial charge in [-0.15, -0.1) is 11.3 Å². The van der Waals surface area contributed by atoms with Crippen LogP contribution in [0, 0.1) is 4.77 Å². The molecule has 0 atom stereocenters. The van der Waals surface area contributed by atoms with Crippen LogP contribution in [-0.2, 0) is 17.8 Å². The van der Waals surface area contributed by atoms with E-state index in [1.807, 2.05) is 17.5 Å². The number of pyridine rings is 1. The Kier molecular flexibility index (Phi) is 5.11. The molecule has 1 amide bonds. The quantitative estimate of drug-likeness (QED) is 0.660. The molecule has 0 saturated heterocycles. The van der Waals surface area contributed by atoms with Crippen LogP contribution in [0.25, 0.3) is 11.3 Å². The number of carbonyl (C=O) groups excluding carboxylic acids is 1. The maximum absolute atomic E-state index is 12.3. The third kappa shape index (κ3) is 3.74. The maximum Gasteiger partial charge on any atom is 0.246 e. The summed E-state index contributed by atoms with van der Waals surface area (Å²) in [6.45, 7) is 2.17. The van der Waals surface area contributed by atoms with Gasteiger partial charge in [0.05, 0.1) is 5.69 Å². The summed E-state index contributed by atoms with van der Waals surface area (Å²) in [5, 5.41) is 12.1. The van der Waals surface area contributed by atoms with Gasteiger partial charge in [-0.05, 0) is 30.8 Å². The van der Waals surface area contributed by atoms with E-state index in [4.69, 9.17) is 12.2 Å². The molecule has 2 N–H and O–H groups in total. The fourth-order valence-electron chi connectivity index (χ4n) is 2.21. The molecule has 0 aromatic carbocycles. The van der Waals surface area contributed by atoms with Crippen molar-refractivity contribution in [1.29, 1.82) is 0 Å². The molecule has 0 bridgehead atoms. The van der Waals surface area contributed by atoms with Gasteiger partial charge in [-0.3, -0.25) is 19.4 Å². The van der Waals surface area contributed by atoms with Crippen molar-refractivity contribution in [3.05, 3.63) is 40.5 Å². The molecular weight excluding hydrogens is 344 g/mol. The van der Waals surface area contributed by atoms with E-state index in [2.05, 4.69) is 32.4 Å². The molecule has 0 fully saturated rings. The van der Waals surface area contributed by atoms with Crippen LogP contribution in [0.3, 0.4) is 0 Å². The van der Waals surface area contributed by atoms with Gasteiger partial charge in [-0.1, -0.05) is 6.92 Å². The van der Waals surface area contributed by atoms with Crippen molar-refractivity contribution in [1.82, 2.24) is 24.7 Å². The molecular formula is C15H16N6OS2. The Balaban J connectivity index is 1.69. The summed E-state index contributed by atoms with van der Waals surface area (Å²) < 4.78 is 2.16. The normalized spacial score (nSPS) is 10.7. The number of hydrogen-bond donors (Lipinski definition) is 2. The summed E-state index contributed by atoms with van der Waals surface area (Å²) in [6.07, 6.45) is 5.15. The van der Waals surface area contributed by atoms with Gasteiger partial charge >= 0.3 is 0 Å². The SMILES string of the molecule is CCCc1n[nH]c(=S)n1CC(=O)Nc1nc(-c2cccnc2)cs1. The predicted octanol–water partition coefficient (Wildman–Crippen LogP) is 3.05. The van der Waals surface area contributed by atoms with Crippen molar-refractivity contribution in [3.63, 3.8) is 0 Å². The monoisotopic (exact) mass is 360 g/mol. The Morgan fingerprint density at radius 3 is 3.12 bits per heavy atom. The molecule has 3 aromatic rings. The van der Waals surface area contributed by atoms with Gasteiger partial charge in [0.2, 0.25) is 5.91 Å². The average Bonchev–Trinajstić information content (AvgIpc) is 3.18. The van der Waals surface area contributed by atoms with E-state index in [1.165, 1.54) is 11.3 Å². The number of nitrogens with one attached hydrogen (secondary N) is 2. The number of rotatable bonds is 6. The zero-order valence-corrected chi connectivity index (χ0v) is 14.7. The van der Waals surface area contributed by atoms with Crippen LogP contribution in [0.2, 0.25) is 0 Å². The second-order valence-corrected chi connectivity index (χ2v) is 6.35. The van der Waals surface area contributed by atoms with Crippen molar-refractivity contribution in [2.75, 3.05) is 5.32 Å². The number of aromatic amines is 1. The second-order valence-electron chi connectivity index (χ2n) is 5.11. The lowest BCUT2D eigenvalue weighted by molar-refractivity contribution is -0.116. The first-order valence-electron chi connectivity index (χ1n) is 7.47. The molecule has 0 aliphatic heterocycles. The van der Waals surface area contributed by atoms with E-state index in [0.29, 0.717) is 9.90 Å². The minimum Gasteiger partial charge on any atom is -0.300 e. The molecule has 0 unspecified atom stereocenters. The van der Waals surface area contributed by atoms with E-state index in [1.54, 1.807) is 17.0 Å². The summed E-state index contributed by atoms with van der Waals surface area (Å²) in [6, 6.07) is 3.78. The summed E-state index contributed by atoms with van der Waals surface area (Å²) in [4.78, 5) is 20.8. The first kappa shape index (κ1) is 16.5. The van der Waals surface area contributed by atoms with Crippen LogP contribution in [-0.4, -0.2) is 30.6 Å². The first-order valence-corrected chi connectivity index (χ1v) is 8.76. The first-order chi connectivity index (χ1) is 11.7.